The van der Waals surface area contributed by atoms with Gasteiger partial charge in [-0.3, -0.25) is 0 Å². The van der Waals surface area contributed by atoms with Gasteiger partial charge in [0, 0.05) is 5.39 Å². The summed E-state index contributed by atoms with van der Waals surface area (Å²) in [6.07, 6.45) is 0. The second-order valence-electron chi connectivity index (χ2n) is 4.31. The molecule has 2 aliphatic heterocycles. The van der Waals surface area contributed by atoms with Crippen LogP contribution in [0.3, 0.4) is 0 Å². The molecule has 0 spiro atoms. The van der Waals surface area contributed by atoms with Crippen LogP contribution in [0.1, 0.15) is 0 Å². The van der Waals surface area contributed by atoms with E-state index in [0.29, 0.717) is 5.48 Å². The van der Waals surface area contributed by atoms with Crippen molar-refractivity contribution >= 4 is 28.6 Å². The Kier molecular flexibility index (Phi) is 1.70. The van der Waals surface area contributed by atoms with Crippen molar-refractivity contribution in [2.75, 3.05) is 0 Å². The third kappa shape index (κ3) is 1.16. The minimum Gasteiger partial charge on any atom is -0.456 e. The van der Waals surface area contributed by atoms with Gasteiger partial charge < -0.3 is 9.40 Å². The predicted molar refractivity (Wildman–Crippen MR) is 72.0 cm³/mol. The minimum atomic E-state index is 0.659. The number of fused-ring (bicyclic) bond motifs is 2. The molecular weight excluding hydrogens is 224 g/mol. The molecule has 2 aliphatic rings. The quantitative estimate of drug-likeness (QED) is 0.375. The molecule has 1 N–H and O–H groups in total. The molecule has 0 saturated heterocycles. The van der Waals surface area contributed by atoms with E-state index in [1.165, 1.54) is 0 Å². The first-order chi connectivity index (χ1) is 8.83. The van der Waals surface area contributed by atoms with Crippen LogP contribution < -0.4 is 5.48 Å². The number of para-hydroxylation sites is 1. The van der Waals surface area contributed by atoms with Gasteiger partial charge >= 0.3 is 0 Å². The van der Waals surface area contributed by atoms with E-state index in [1.54, 1.807) is 0 Å². The zero-order chi connectivity index (χ0) is 12.1. The number of aromatic nitrogens is 2. The van der Waals surface area contributed by atoms with Crippen LogP contribution in [0.15, 0.2) is 46.9 Å². The van der Waals surface area contributed by atoms with E-state index in [4.69, 9.17) is 4.42 Å². The zero-order valence-electron chi connectivity index (χ0n) is 9.60. The summed E-state index contributed by atoms with van der Waals surface area (Å²) in [7, 11) is 0. The Labute approximate surface area is 103 Å². The van der Waals surface area contributed by atoms with Crippen molar-refractivity contribution < 1.29 is 4.42 Å². The highest BCUT2D eigenvalue weighted by molar-refractivity contribution is 6.03. The molecule has 2 heterocycles. The molecule has 3 heteroatoms. The van der Waals surface area contributed by atoms with Gasteiger partial charge in [0.15, 0.2) is 0 Å². The summed E-state index contributed by atoms with van der Waals surface area (Å²) in [5.74, 6) is 0. The van der Waals surface area contributed by atoms with Crippen LogP contribution in [0.25, 0.3) is 39.9 Å². The lowest BCUT2D eigenvalue weighted by Crippen LogP contribution is -2.12. The van der Waals surface area contributed by atoms with Crippen molar-refractivity contribution in [2.24, 2.45) is 0 Å². The summed E-state index contributed by atoms with van der Waals surface area (Å²) in [6, 6.07) is 13.9. The Hall–Kier alpha value is -2.55. The second kappa shape index (κ2) is 3.23. The van der Waals surface area contributed by atoms with Gasteiger partial charge in [0.25, 0.3) is 0 Å². The molecule has 86 valence electrons. The molecule has 0 saturated carbocycles. The maximum atomic E-state index is 5.91. The molecule has 0 amide bonds. The van der Waals surface area contributed by atoms with Gasteiger partial charge in [0.05, 0.1) is 16.8 Å². The minimum absolute atomic E-state index is 0.659. The molecule has 3 nitrogen and oxygen atoms in total. The first-order valence-electron chi connectivity index (χ1n) is 5.78. The predicted octanol–water partition coefficient (Wildman–Crippen LogP) is 3.11. The van der Waals surface area contributed by atoms with Gasteiger partial charge in [-0.25, -0.2) is 4.98 Å². The monoisotopic (exact) mass is 234 g/mol. The number of hydrogen-bond acceptors (Lipinski definition) is 2. The lowest BCUT2D eigenvalue weighted by Gasteiger charge is -2.12. The summed E-state index contributed by atoms with van der Waals surface area (Å²) < 4.78 is 5.91. The number of benzene rings is 2. The van der Waals surface area contributed by atoms with Crippen LogP contribution in [0, 0.1) is 0 Å². The Bertz CT molecular complexity index is 901. The van der Waals surface area contributed by atoms with E-state index >= 15 is 0 Å². The van der Waals surface area contributed by atoms with Crippen LogP contribution >= 0.6 is 0 Å². The van der Waals surface area contributed by atoms with Crippen molar-refractivity contribution in [1.29, 1.82) is 0 Å². The maximum absolute atomic E-state index is 5.91. The number of nitrogens with zero attached hydrogens (tertiary/aromatic N) is 1. The molecule has 2 aromatic carbocycles. The third-order valence-electron chi connectivity index (χ3n) is 3.15. The molecule has 0 atom stereocenters. The molecule has 2 aromatic rings. The smallest absolute Gasteiger partial charge is 0.138 e. The van der Waals surface area contributed by atoms with Crippen molar-refractivity contribution in [3.8, 4) is 11.3 Å². The van der Waals surface area contributed by atoms with Crippen LogP contribution in [0.4, 0.5) is 0 Å². The fourth-order valence-corrected chi connectivity index (χ4v) is 2.40. The fourth-order valence-electron chi connectivity index (χ4n) is 2.40. The lowest BCUT2D eigenvalue weighted by atomic mass is 10.0. The Morgan fingerprint density at radius 1 is 1.00 bits per heavy atom. The Morgan fingerprint density at radius 2 is 1.83 bits per heavy atom. The highest BCUT2D eigenvalue weighted by Gasteiger charge is 2.16. The topological polar surface area (TPSA) is 41.8 Å². The molecule has 4 rings (SSSR count). The SMILES string of the molecule is C=c1nc2c3ccccc3oc3cccc([nH]1)c3-2. The van der Waals surface area contributed by atoms with Crippen molar-refractivity contribution in [3.63, 3.8) is 0 Å². The maximum Gasteiger partial charge on any atom is 0.138 e. The summed E-state index contributed by atoms with van der Waals surface area (Å²) in [6.45, 7) is 3.90. The van der Waals surface area contributed by atoms with Gasteiger partial charge in [-0.15, -0.1) is 0 Å². The molecule has 0 fully saturated rings. The van der Waals surface area contributed by atoms with Crippen molar-refractivity contribution in [2.45, 2.75) is 0 Å². The second-order valence-corrected chi connectivity index (χ2v) is 4.31. The number of aromatic amines is 1. The molecule has 0 bridgehead atoms. The highest BCUT2D eigenvalue weighted by atomic mass is 16.3. The normalized spacial score (nSPS) is 11.6. The lowest BCUT2D eigenvalue weighted by molar-refractivity contribution is 0.657. The fraction of sp³-hybridized carbons (Fsp3) is 0. The van der Waals surface area contributed by atoms with E-state index in [9.17, 15) is 0 Å². The van der Waals surface area contributed by atoms with Crippen LogP contribution in [0.5, 0.6) is 0 Å². The summed E-state index contributed by atoms with van der Waals surface area (Å²) >= 11 is 0. The molecule has 0 unspecified atom stereocenters. The standard InChI is InChI=1S/C15H10N2O/c1-9-16-11-6-4-8-13-14(11)15(17-9)10-5-2-3-7-12(10)18-13/h2-8,16H,1H2. The number of rotatable bonds is 0. The largest absolute Gasteiger partial charge is 0.456 e. The third-order valence-corrected chi connectivity index (χ3v) is 3.15. The Morgan fingerprint density at radius 3 is 2.78 bits per heavy atom. The highest BCUT2D eigenvalue weighted by Crippen LogP contribution is 2.35. The number of hydrogen-bond donors (Lipinski definition) is 1. The van der Waals surface area contributed by atoms with Crippen molar-refractivity contribution in [1.82, 2.24) is 9.97 Å². The number of nitrogens with one attached hydrogen (secondary N) is 1. The van der Waals surface area contributed by atoms with Gasteiger partial charge in [-0.2, -0.15) is 0 Å². The summed E-state index contributed by atoms with van der Waals surface area (Å²) in [5.41, 5.74) is 5.29. The Balaban J connectivity index is 2.41. The zero-order valence-corrected chi connectivity index (χ0v) is 9.60. The molecule has 0 aromatic heterocycles. The van der Waals surface area contributed by atoms with E-state index in [0.717, 1.165) is 33.3 Å². The average molecular weight is 234 g/mol. The first-order valence-corrected chi connectivity index (χ1v) is 5.78. The molecule has 0 aliphatic carbocycles. The van der Waals surface area contributed by atoms with Gasteiger partial charge in [0.2, 0.25) is 0 Å². The van der Waals surface area contributed by atoms with Gasteiger partial charge in [0.1, 0.15) is 16.6 Å². The van der Waals surface area contributed by atoms with Crippen LogP contribution in [-0.4, -0.2) is 9.97 Å². The average Bonchev–Trinajstić information content (AvgIpc) is 2.38. The number of H-pyrrole nitrogens is 1. The van der Waals surface area contributed by atoms with E-state index < -0.39 is 0 Å². The van der Waals surface area contributed by atoms with E-state index in [1.807, 2.05) is 42.5 Å². The first kappa shape index (κ1) is 9.48. The summed E-state index contributed by atoms with van der Waals surface area (Å²) in [4.78, 5) is 7.69. The summed E-state index contributed by atoms with van der Waals surface area (Å²) in [5, 5.41) is 1.01. The molecule has 18 heavy (non-hydrogen) atoms. The molecular formula is C15H10N2O. The van der Waals surface area contributed by atoms with E-state index in [2.05, 4.69) is 16.5 Å². The van der Waals surface area contributed by atoms with Crippen LogP contribution in [-0.2, 0) is 0 Å². The van der Waals surface area contributed by atoms with E-state index in [-0.39, 0.29) is 0 Å². The van der Waals surface area contributed by atoms with Crippen molar-refractivity contribution in [3.05, 3.63) is 47.9 Å². The molecule has 0 radical (unpaired) electrons. The van der Waals surface area contributed by atoms with Gasteiger partial charge in [-0.1, -0.05) is 24.8 Å². The van der Waals surface area contributed by atoms with Crippen LogP contribution in [0.2, 0.25) is 0 Å². The van der Waals surface area contributed by atoms with Gasteiger partial charge in [-0.05, 0) is 24.3 Å².